The molecule has 1 aliphatic heterocycles. The fourth-order valence-corrected chi connectivity index (χ4v) is 4.28. The van der Waals surface area contributed by atoms with E-state index in [0.717, 1.165) is 5.75 Å². The maximum atomic E-state index is 12.4. The summed E-state index contributed by atoms with van der Waals surface area (Å²) < 4.78 is 33.5. The summed E-state index contributed by atoms with van der Waals surface area (Å²) in [6.07, 6.45) is 0.376. The average molecular weight is 398 g/mol. The van der Waals surface area contributed by atoms with Crippen LogP contribution in [0.5, 0.6) is 11.5 Å². The van der Waals surface area contributed by atoms with Crippen molar-refractivity contribution in [3.63, 3.8) is 0 Å². The van der Waals surface area contributed by atoms with Crippen LogP contribution in [0.15, 0.2) is 24.3 Å². The Hall–Kier alpha value is -2.29. The summed E-state index contributed by atoms with van der Waals surface area (Å²) in [6.45, 7) is 3.49. The van der Waals surface area contributed by atoms with Crippen LogP contribution < -0.4 is 20.1 Å². The van der Waals surface area contributed by atoms with Gasteiger partial charge in [0.2, 0.25) is 11.8 Å². The number of hydrogen-bond donors (Lipinski definition) is 2. The van der Waals surface area contributed by atoms with Crippen LogP contribution in [0.25, 0.3) is 0 Å². The van der Waals surface area contributed by atoms with Crippen LogP contribution in [-0.2, 0) is 19.4 Å². The third kappa shape index (κ3) is 5.85. The molecule has 2 N–H and O–H groups in total. The smallest absolute Gasteiger partial charge is 0.235 e. The van der Waals surface area contributed by atoms with E-state index in [2.05, 4.69) is 10.6 Å². The fourth-order valence-electron chi connectivity index (χ4n) is 2.60. The van der Waals surface area contributed by atoms with Gasteiger partial charge in [0.05, 0.1) is 25.2 Å². The number of hydrogen-bond acceptors (Lipinski definition) is 6. The molecule has 1 saturated heterocycles. The summed E-state index contributed by atoms with van der Waals surface area (Å²) in [4.78, 5) is 24.7. The van der Waals surface area contributed by atoms with E-state index < -0.39 is 33.1 Å². The second kappa shape index (κ2) is 8.60. The van der Waals surface area contributed by atoms with Gasteiger partial charge in [0.25, 0.3) is 0 Å². The summed E-state index contributed by atoms with van der Waals surface area (Å²) in [5.74, 6) is 0.416. The number of methoxy groups -OCH3 is 1. The van der Waals surface area contributed by atoms with Crippen molar-refractivity contribution in [1.29, 1.82) is 0 Å². The Bertz CT molecular complexity index is 774. The molecule has 0 spiro atoms. The first-order valence-electron chi connectivity index (χ1n) is 8.70. The molecular weight excluding hydrogens is 372 g/mol. The summed E-state index contributed by atoms with van der Waals surface area (Å²) in [5, 5.41) is 5.33. The van der Waals surface area contributed by atoms with Crippen LogP contribution in [0.4, 0.5) is 0 Å². The molecular formula is C18H26N2O6S. The van der Waals surface area contributed by atoms with E-state index in [4.69, 9.17) is 9.47 Å². The Morgan fingerprint density at radius 2 is 1.78 bits per heavy atom. The normalized spacial score (nSPS) is 18.6. The van der Waals surface area contributed by atoms with Crippen LogP contribution in [0, 0.1) is 5.41 Å². The molecule has 27 heavy (non-hydrogen) atoms. The van der Waals surface area contributed by atoms with E-state index in [1.807, 2.05) is 0 Å². The first-order chi connectivity index (χ1) is 12.6. The second-order valence-electron chi connectivity index (χ2n) is 6.98. The van der Waals surface area contributed by atoms with Gasteiger partial charge in [0.15, 0.2) is 9.84 Å². The van der Waals surface area contributed by atoms with E-state index >= 15 is 0 Å². The minimum atomic E-state index is -3.09. The van der Waals surface area contributed by atoms with Gasteiger partial charge >= 0.3 is 0 Å². The van der Waals surface area contributed by atoms with Gasteiger partial charge in [-0.25, -0.2) is 8.42 Å². The van der Waals surface area contributed by atoms with Crippen LogP contribution in [0.1, 0.15) is 20.3 Å². The van der Waals surface area contributed by atoms with Gasteiger partial charge in [-0.2, -0.15) is 0 Å². The molecule has 1 aromatic rings. The predicted octanol–water partition coefficient (Wildman–Crippen LogP) is 0.520. The van der Waals surface area contributed by atoms with E-state index in [9.17, 15) is 18.0 Å². The number of benzene rings is 1. The zero-order chi connectivity index (χ0) is 20.1. The molecule has 0 bridgehead atoms. The van der Waals surface area contributed by atoms with Gasteiger partial charge < -0.3 is 20.1 Å². The highest BCUT2D eigenvalue weighted by atomic mass is 32.2. The van der Waals surface area contributed by atoms with Crippen molar-refractivity contribution in [2.24, 2.45) is 5.41 Å². The predicted molar refractivity (Wildman–Crippen MR) is 100 cm³/mol. The van der Waals surface area contributed by atoms with E-state index in [1.54, 1.807) is 31.4 Å². The molecule has 1 aromatic carbocycles. The first kappa shape index (κ1) is 21.0. The molecule has 1 fully saturated rings. The molecule has 0 aliphatic carbocycles. The Labute approximate surface area is 159 Å². The van der Waals surface area contributed by atoms with Gasteiger partial charge in [0.1, 0.15) is 23.5 Å². The van der Waals surface area contributed by atoms with Gasteiger partial charge in [-0.3, -0.25) is 9.59 Å². The number of carbonyl (C=O) groups is 2. The minimum absolute atomic E-state index is 0.0628. The zero-order valence-electron chi connectivity index (χ0n) is 15.8. The van der Waals surface area contributed by atoms with Crippen molar-refractivity contribution < 1.29 is 27.5 Å². The number of ether oxygens (including phenoxy) is 2. The molecule has 1 atom stereocenters. The molecule has 0 aromatic heterocycles. The molecule has 1 heterocycles. The third-order valence-electron chi connectivity index (χ3n) is 4.42. The summed E-state index contributed by atoms with van der Waals surface area (Å²) in [5.41, 5.74) is -1.31. The third-order valence-corrected chi connectivity index (χ3v) is 6.19. The number of carbonyl (C=O) groups excluding carboxylic acids is 2. The number of nitrogens with one attached hydrogen (secondary N) is 2. The number of sulfone groups is 1. The first-order valence-corrected chi connectivity index (χ1v) is 10.5. The van der Waals surface area contributed by atoms with E-state index in [-0.39, 0.29) is 24.7 Å². The lowest BCUT2D eigenvalue weighted by molar-refractivity contribution is -0.141. The molecule has 2 amide bonds. The highest BCUT2D eigenvalue weighted by Gasteiger charge is 2.38. The lowest BCUT2D eigenvalue weighted by Crippen LogP contribution is -2.51. The van der Waals surface area contributed by atoms with Crippen molar-refractivity contribution in [3.05, 3.63) is 24.3 Å². The lowest BCUT2D eigenvalue weighted by Gasteiger charge is -2.24. The molecule has 9 heteroatoms. The van der Waals surface area contributed by atoms with Gasteiger partial charge in [0, 0.05) is 6.04 Å². The van der Waals surface area contributed by atoms with Crippen LogP contribution in [-0.4, -0.2) is 58.0 Å². The van der Waals surface area contributed by atoms with Crippen LogP contribution >= 0.6 is 0 Å². The average Bonchev–Trinajstić information content (AvgIpc) is 2.97. The Kier molecular flexibility index (Phi) is 6.69. The highest BCUT2D eigenvalue weighted by molar-refractivity contribution is 7.91. The molecule has 150 valence electrons. The van der Waals surface area contributed by atoms with Crippen molar-refractivity contribution in [2.75, 3.05) is 31.8 Å². The molecule has 1 unspecified atom stereocenters. The summed E-state index contributed by atoms with van der Waals surface area (Å²) in [6, 6.07) is 6.62. The summed E-state index contributed by atoms with van der Waals surface area (Å²) in [7, 11) is -1.52. The lowest BCUT2D eigenvalue weighted by atomic mass is 9.90. The topological polar surface area (TPSA) is 111 Å². The van der Waals surface area contributed by atoms with Gasteiger partial charge in [-0.1, -0.05) is 0 Å². The largest absolute Gasteiger partial charge is 0.497 e. The standard InChI is InChI=1S/C18H26N2O6S/c1-18(2,17(22)20-13-8-11-27(23,24)12-13)16(21)19-9-10-26-15-6-4-14(25-3)5-7-15/h4-7,13H,8-12H2,1-3H3,(H,19,21)(H,20,22). The maximum absolute atomic E-state index is 12.4. The monoisotopic (exact) mass is 398 g/mol. The molecule has 1 aliphatic rings. The highest BCUT2D eigenvalue weighted by Crippen LogP contribution is 2.19. The molecule has 8 nitrogen and oxygen atoms in total. The van der Waals surface area contributed by atoms with Crippen molar-refractivity contribution >= 4 is 21.7 Å². The molecule has 0 saturated carbocycles. The van der Waals surface area contributed by atoms with E-state index in [1.165, 1.54) is 13.8 Å². The Balaban J connectivity index is 1.76. The molecule has 0 radical (unpaired) electrons. The molecule has 2 rings (SSSR count). The second-order valence-corrected chi connectivity index (χ2v) is 9.21. The van der Waals surface area contributed by atoms with Crippen molar-refractivity contribution in [2.45, 2.75) is 26.3 Å². The van der Waals surface area contributed by atoms with Gasteiger partial charge in [-0.05, 0) is 44.5 Å². The fraction of sp³-hybridized carbons (Fsp3) is 0.556. The van der Waals surface area contributed by atoms with Crippen LogP contribution in [0.2, 0.25) is 0 Å². The summed E-state index contributed by atoms with van der Waals surface area (Å²) >= 11 is 0. The van der Waals surface area contributed by atoms with Crippen molar-refractivity contribution in [3.8, 4) is 11.5 Å². The van der Waals surface area contributed by atoms with Crippen molar-refractivity contribution in [1.82, 2.24) is 10.6 Å². The Morgan fingerprint density at radius 3 is 2.33 bits per heavy atom. The SMILES string of the molecule is COc1ccc(OCCNC(=O)C(C)(C)C(=O)NC2CCS(=O)(=O)C2)cc1. The maximum Gasteiger partial charge on any atom is 0.235 e. The zero-order valence-corrected chi connectivity index (χ0v) is 16.6. The number of amides is 2. The minimum Gasteiger partial charge on any atom is -0.497 e. The van der Waals surface area contributed by atoms with E-state index in [0.29, 0.717) is 12.2 Å². The Morgan fingerprint density at radius 1 is 1.15 bits per heavy atom. The number of rotatable bonds is 8. The quantitative estimate of drug-likeness (QED) is 0.488. The van der Waals surface area contributed by atoms with Crippen LogP contribution in [0.3, 0.4) is 0 Å². The van der Waals surface area contributed by atoms with Gasteiger partial charge in [-0.15, -0.1) is 0 Å².